The lowest BCUT2D eigenvalue weighted by molar-refractivity contribution is -0.137. The molecule has 2 fully saturated rings. The molecule has 7 nitrogen and oxygen atoms in total. The van der Waals surface area contributed by atoms with Gasteiger partial charge in [0.05, 0.1) is 12.0 Å². The van der Waals surface area contributed by atoms with Crippen LogP contribution in [0.4, 0.5) is 4.79 Å². The topological polar surface area (TPSA) is 88.1 Å². The number of hydrogen-bond acceptors (Lipinski definition) is 6. The number of para-hydroxylation sites is 1. The zero-order valence-electron chi connectivity index (χ0n) is 22.8. The molecule has 38 heavy (non-hydrogen) atoms. The molecule has 1 amide bonds. The van der Waals surface area contributed by atoms with Crippen LogP contribution in [0.15, 0.2) is 54.6 Å². The predicted octanol–water partition coefficient (Wildman–Crippen LogP) is 5.66. The lowest BCUT2D eigenvalue weighted by atomic mass is 9.71. The van der Waals surface area contributed by atoms with Crippen LogP contribution in [0.3, 0.4) is 0 Å². The van der Waals surface area contributed by atoms with E-state index in [0.29, 0.717) is 24.5 Å². The van der Waals surface area contributed by atoms with Crippen molar-refractivity contribution in [3.63, 3.8) is 0 Å². The Hall–Kier alpha value is -2.90. The average Bonchev–Trinajstić information content (AvgIpc) is 2.90. The molecule has 2 N–H and O–H groups in total. The summed E-state index contributed by atoms with van der Waals surface area (Å²) in [6.45, 7) is 1.17. The van der Waals surface area contributed by atoms with E-state index in [4.69, 9.17) is 9.47 Å². The number of ether oxygens (including phenoxy) is 2. The maximum absolute atomic E-state index is 13.2. The van der Waals surface area contributed by atoms with Gasteiger partial charge in [-0.15, -0.1) is 0 Å². The minimum atomic E-state index is -0.932. The second-order valence-corrected chi connectivity index (χ2v) is 11.4. The van der Waals surface area contributed by atoms with Crippen LogP contribution in [0.5, 0.6) is 11.5 Å². The number of nitrogens with zero attached hydrogens (tertiary/aromatic N) is 1. The van der Waals surface area contributed by atoms with Crippen LogP contribution in [0.2, 0.25) is 0 Å². The molecule has 7 heteroatoms. The van der Waals surface area contributed by atoms with E-state index in [1.807, 2.05) is 50.5 Å². The van der Waals surface area contributed by atoms with Crippen molar-refractivity contribution < 1.29 is 24.2 Å². The van der Waals surface area contributed by atoms with E-state index in [2.05, 4.69) is 10.2 Å². The zero-order valence-corrected chi connectivity index (χ0v) is 22.8. The lowest BCUT2D eigenvalue weighted by Gasteiger charge is -2.41. The van der Waals surface area contributed by atoms with E-state index < -0.39 is 11.7 Å². The molecule has 206 valence electrons. The van der Waals surface area contributed by atoms with Gasteiger partial charge in [0.1, 0.15) is 11.5 Å². The van der Waals surface area contributed by atoms with Gasteiger partial charge in [-0.3, -0.25) is 4.79 Å². The summed E-state index contributed by atoms with van der Waals surface area (Å²) in [5, 5.41) is 14.6. The molecule has 2 aliphatic rings. The van der Waals surface area contributed by atoms with Gasteiger partial charge in [0, 0.05) is 19.0 Å². The molecule has 0 bridgehead atoms. The van der Waals surface area contributed by atoms with Gasteiger partial charge in [-0.2, -0.15) is 0 Å². The first kappa shape index (κ1) is 28.1. The Morgan fingerprint density at radius 2 is 1.63 bits per heavy atom. The van der Waals surface area contributed by atoms with Crippen molar-refractivity contribution in [3.05, 3.63) is 60.2 Å². The minimum absolute atomic E-state index is 0.129. The summed E-state index contributed by atoms with van der Waals surface area (Å²) in [7, 11) is 4.06. The third-order valence-corrected chi connectivity index (χ3v) is 8.18. The Morgan fingerprint density at radius 3 is 2.37 bits per heavy atom. The number of esters is 1. The van der Waals surface area contributed by atoms with Gasteiger partial charge in [0.2, 0.25) is 0 Å². The summed E-state index contributed by atoms with van der Waals surface area (Å²) in [5.41, 5.74) is -0.480. The highest BCUT2D eigenvalue weighted by molar-refractivity contribution is 5.74. The van der Waals surface area contributed by atoms with Crippen molar-refractivity contribution >= 4 is 12.1 Å². The molecule has 0 spiro atoms. The molecule has 2 saturated carbocycles. The Balaban J connectivity index is 1.40. The molecule has 2 atom stereocenters. The molecule has 2 aromatic rings. The molecule has 0 unspecified atom stereocenters. The van der Waals surface area contributed by atoms with Crippen molar-refractivity contribution in [2.45, 2.75) is 69.8 Å². The molecule has 0 radical (unpaired) electrons. The van der Waals surface area contributed by atoms with Crippen LogP contribution in [0, 0.1) is 11.3 Å². The first-order valence-corrected chi connectivity index (χ1v) is 14.0. The summed E-state index contributed by atoms with van der Waals surface area (Å²) in [4.78, 5) is 27.7. The fourth-order valence-corrected chi connectivity index (χ4v) is 6.20. The van der Waals surface area contributed by atoms with Crippen LogP contribution in [0.1, 0.15) is 69.8 Å². The van der Waals surface area contributed by atoms with Crippen LogP contribution in [0.25, 0.3) is 0 Å². The van der Waals surface area contributed by atoms with Crippen LogP contribution in [-0.4, -0.2) is 49.3 Å². The van der Waals surface area contributed by atoms with E-state index in [-0.39, 0.29) is 23.7 Å². The molecule has 2 aromatic carbocycles. The number of rotatable bonds is 9. The van der Waals surface area contributed by atoms with E-state index in [1.54, 1.807) is 18.2 Å². The van der Waals surface area contributed by atoms with Gasteiger partial charge in [-0.25, -0.2) is 4.79 Å². The number of nitrogens with one attached hydrogen (secondary N) is 1. The van der Waals surface area contributed by atoms with Gasteiger partial charge in [0.15, 0.2) is 0 Å². The van der Waals surface area contributed by atoms with Crippen molar-refractivity contribution in [1.82, 2.24) is 10.2 Å². The van der Waals surface area contributed by atoms with E-state index in [9.17, 15) is 14.7 Å². The molecular formula is C31H42N2O5. The van der Waals surface area contributed by atoms with Gasteiger partial charge < -0.3 is 24.8 Å². The predicted molar refractivity (Wildman–Crippen MR) is 147 cm³/mol. The molecule has 2 aliphatic carbocycles. The second-order valence-electron chi connectivity index (χ2n) is 11.4. The first-order valence-electron chi connectivity index (χ1n) is 14.0. The van der Waals surface area contributed by atoms with Gasteiger partial charge in [-0.1, -0.05) is 62.4 Å². The van der Waals surface area contributed by atoms with E-state index in [1.165, 1.54) is 0 Å². The van der Waals surface area contributed by atoms with Crippen molar-refractivity contribution in [2.24, 2.45) is 11.3 Å². The van der Waals surface area contributed by atoms with Crippen LogP contribution in [-0.2, 0) is 10.4 Å². The standard InChI is InChI=1S/C31H42N2O5/c1-33(2)22-25-12-7-10-19-31(25,36)24-13-11-16-27(20-24)37-28(34)21-30(17-8-4-9-18-30)23-32-29(35)38-26-14-5-3-6-15-26/h3,5-6,11,13-16,20,25,36H,4,7-10,12,17-19,21-23H2,1-2H3,(H,32,35)/t25-,31+/m1/s1. The van der Waals surface area contributed by atoms with E-state index in [0.717, 1.165) is 63.5 Å². The SMILES string of the molecule is CN(C)C[C@H]1CCCC[C@]1(O)c1cccc(OC(=O)CC2(CNC(=O)Oc3ccccc3)CCCCC2)c1. The normalized spacial score (nSPS) is 23.0. The second kappa shape index (κ2) is 12.8. The number of hydrogen-bond donors (Lipinski definition) is 2. The zero-order chi connectivity index (χ0) is 27.0. The Labute approximate surface area is 226 Å². The third kappa shape index (κ3) is 7.35. The number of benzene rings is 2. The number of carbonyl (C=O) groups excluding carboxylic acids is 2. The fraction of sp³-hybridized carbons (Fsp3) is 0.548. The summed E-state index contributed by atoms with van der Waals surface area (Å²) in [6, 6.07) is 16.3. The van der Waals surface area contributed by atoms with Gasteiger partial charge >= 0.3 is 12.1 Å². The Bertz CT molecular complexity index is 1070. The van der Waals surface area contributed by atoms with E-state index >= 15 is 0 Å². The Kier molecular flexibility index (Phi) is 9.44. The number of carbonyl (C=O) groups is 2. The first-order chi connectivity index (χ1) is 18.3. The fourth-order valence-electron chi connectivity index (χ4n) is 6.20. The van der Waals surface area contributed by atoms with Gasteiger partial charge in [0.25, 0.3) is 0 Å². The summed E-state index contributed by atoms with van der Waals surface area (Å²) >= 11 is 0. The Morgan fingerprint density at radius 1 is 0.921 bits per heavy atom. The number of aliphatic hydroxyl groups is 1. The third-order valence-electron chi connectivity index (χ3n) is 8.18. The molecule has 0 aliphatic heterocycles. The van der Waals surface area contributed by atoms with Crippen LogP contribution < -0.4 is 14.8 Å². The lowest BCUT2D eigenvalue weighted by Crippen LogP contribution is -2.43. The summed E-state index contributed by atoms with van der Waals surface area (Å²) < 4.78 is 11.2. The van der Waals surface area contributed by atoms with Gasteiger partial charge in [-0.05, 0) is 75.0 Å². The maximum atomic E-state index is 13.2. The van der Waals surface area contributed by atoms with Crippen molar-refractivity contribution in [2.75, 3.05) is 27.2 Å². The molecule has 0 heterocycles. The highest BCUT2D eigenvalue weighted by atomic mass is 16.6. The molecular weight excluding hydrogens is 480 g/mol. The largest absolute Gasteiger partial charge is 0.427 e. The average molecular weight is 523 g/mol. The number of amides is 1. The van der Waals surface area contributed by atoms with Crippen LogP contribution >= 0.6 is 0 Å². The van der Waals surface area contributed by atoms with Crippen molar-refractivity contribution in [1.29, 1.82) is 0 Å². The smallest absolute Gasteiger partial charge is 0.412 e. The van der Waals surface area contributed by atoms with Crippen molar-refractivity contribution in [3.8, 4) is 11.5 Å². The highest BCUT2D eigenvalue weighted by Gasteiger charge is 2.41. The minimum Gasteiger partial charge on any atom is -0.427 e. The molecule has 0 saturated heterocycles. The monoisotopic (exact) mass is 522 g/mol. The summed E-state index contributed by atoms with van der Waals surface area (Å²) in [6.07, 6.45) is 8.32. The maximum Gasteiger partial charge on any atom is 0.412 e. The highest BCUT2D eigenvalue weighted by Crippen LogP contribution is 2.43. The molecule has 0 aromatic heterocycles. The molecule has 4 rings (SSSR count). The quantitative estimate of drug-likeness (QED) is 0.326. The summed E-state index contributed by atoms with van der Waals surface area (Å²) in [5.74, 6) is 0.749.